The molecule has 7 heteroatoms. The Morgan fingerprint density at radius 2 is 2.07 bits per heavy atom. The van der Waals surface area contributed by atoms with E-state index >= 15 is 0 Å². The maximum absolute atomic E-state index is 4.37. The van der Waals surface area contributed by atoms with Crippen LogP contribution in [0, 0.1) is 6.92 Å². The number of hydrogen-bond donors (Lipinski definition) is 2. The highest BCUT2D eigenvalue weighted by Crippen LogP contribution is 2.20. The van der Waals surface area contributed by atoms with Crippen LogP contribution in [0.3, 0.4) is 0 Å². The molecule has 1 fully saturated rings. The maximum atomic E-state index is 4.37. The van der Waals surface area contributed by atoms with Crippen LogP contribution in [0.15, 0.2) is 47.7 Å². The van der Waals surface area contributed by atoms with Crippen molar-refractivity contribution in [2.45, 2.75) is 45.4 Å². The average molecular weight is 482 g/mol. The lowest BCUT2D eigenvalue weighted by Gasteiger charge is -2.21. The first-order valence-electron chi connectivity index (χ1n) is 9.38. The number of aromatic nitrogens is 2. The van der Waals surface area contributed by atoms with E-state index in [2.05, 4.69) is 76.0 Å². The summed E-state index contributed by atoms with van der Waals surface area (Å²) in [5.74, 6) is 0.868. The maximum Gasteiger partial charge on any atom is 0.191 e. The number of likely N-dealkylation sites (tertiary alicyclic amines) is 1. The fourth-order valence-corrected chi connectivity index (χ4v) is 3.51. The van der Waals surface area contributed by atoms with Gasteiger partial charge in [0.15, 0.2) is 5.96 Å². The molecule has 1 aromatic carbocycles. The van der Waals surface area contributed by atoms with Gasteiger partial charge in [-0.2, -0.15) is 5.10 Å². The zero-order valence-corrected chi connectivity index (χ0v) is 18.8. The van der Waals surface area contributed by atoms with Gasteiger partial charge in [0.05, 0.1) is 12.7 Å². The Kier molecular flexibility index (Phi) is 8.56. The molecule has 6 nitrogen and oxygen atoms in total. The molecule has 0 amide bonds. The third-order valence-corrected chi connectivity index (χ3v) is 4.89. The average Bonchev–Trinajstić information content (AvgIpc) is 3.20. The Morgan fingerprint density at radius 3 is 2.74 bits per heavy atom. The molecule has 1 aliphatic heterocycles. The van der Waals surface area contributed by atoms with Crippen molar-refractivity contribution in [3.63, 3.8) is 0 Å². The van der Waals surface area contributed by atoms with Crippen LogP contribution in [0.25, 0.3) is 0 Å². The van der Waals surface area contributed by atoms with Gasteiger partial charge in [-0.15, -0.1) is 24.0 Å². The molecule has 0 bridgehead atoms. The summed E-state index contributed by atoms with van der Waals surface area (Å²) in [4.78, 5) is 6.90. The highest BCUT2D eigenvalue weighted by Gasteiger charge is 2.29. The number of aliphatic imine (C=N–C) groups is 1. The third kappa shape index (κ3) is 6.49. The van der Waals surface area contributed by atoms with Gasteiger partial charge in [0.2, 0.25) is 0 Å². The Hall–Kier alpha value is -1.61. The second kappa shape index (κ2) is 10.7. The van der Waals surface area contributed by atoms with E-state index in [0.29, 0.717) is 12.1 Å². The van der Waals surface area contributed by atoms with Crippen LogP contribution in [0.5, 0.6) is 0 Å². The van der Waals surface area contributed by atoms with E-state index in [1.165, 1.54) is 11.1 Å². The van der Waals surface area contributed by atoms with Gasteiger partial charge < -0.3 is 10.6 Å². The summed E-state index contributed by atoms with van der Waals surface area (Å²) in [6.07, 6.45) is 5.07. The minimum Gasteiger partial charge on any atom is -0.355 e. The first-order valence-corrected chi connectivity index (χ1v) is 9.38. The fourth-order valence-electron chi connectivity index (χ4n) is 3.51. The van der Waals surface area contributed by atoms with Gasteiger partial charge in [-0.05, 0) is 31.4 Å². The Labute approximate surface area is 179 Å². The van der Waals surface area contributed by atoms with Crippen LogP contribution in [-0.2, 0) is 13.1 Å². The molecular formula is C20H31IN6. The smallest absolute Gasteiger partial charge is 0.191 e. The summed E-state index contributed by atoms with van der Waals surface area (Å²) < 4.78 is 1.95. The van der Waals surface area contributed by atoms with Crippen LogP contribution in [0.2, 0.25) is 0 Å². The van der Waals surface area contributed by atoms with Crippen molar-refractivity contribution in [2.75, 3.05) is 20.1 Å². The summed E-state index contributed by atoms with van der Waals surface area (Å²) in [6, 6.07) is 11.7. The number of nitrogens with zero attached hydrogens (tertiary/aromatic N) is 4. The molecule has 0 spiro atoms. The topological polar surface area (TPSA) is 57.5 Å². The van der Waals surface area contributed by atoms with Crippen LogP contribution >= 0.6 is 24.0 Å². The van der Waals surface area contributed by atoms with Gasteiger partial charge in [0, 0.05) is 45.0 Å². The fraction of sp³-hybridized carbons (Fsp3) is 0.500. The molecule has 0 saturated carbocycles. The Bertz CT molecular complexity index is 714. The summed E-state index contributed by atoms with van der Waals surface area (Å²) in [5, 5.41) is 11.3. The van der Waals surface area contributed by atoms with E-state index in [0.717, 1.165) is 38.6 Å². The van der Waals surface area contributed by atoms with Crippen molar-refractivity contribution in [3.05, 3.63) is 53.9 Å². The molecule has 1 aliphatic rings. The van der Waals surface area contributed by atoms with Crippen molar-refractivity contribution < 1.29 is 0 Å². The predicted octanol–water partition coefficient (Wildman–Crippen LogP) is 2.64. The van der Waals surface area contributed by atoms with Gasteiger partial charge >= 0.3 is 0 Å². The summed E-state index contributed by atoms with van der Waals surface area (Å²) >= 11 is 0. The number of guanidine groups is 1. The first-order chi connectivity index (χ1) is 12.6. The summed E-state index contributed by atoms with van der Waals surface area (Å²) in [5.41, 5.74) is 2.56. The molecule has 2 N–H and O–H groups in total. The second-order valence-corrected chi connectivity index (χ2v) is 7.12. The Morgan fingerprint density at radius 1 is 1.30 bits per heavy atom. The standard InChI is InChI=1S/C20H30N6.HI/c1-16-12-23-26(13-16)10-9-22-20(21-3)24-19-11-17(2)25(15-19)14-18-7-5-4-6-8-18;/h4-8,12-13,17,19H,9-11,14-15H2,1-3H3,(H2,21,22,24);1H. The van der Waals surface area contributed by atoms with E-state index in [4.69, 9.17) is 0 Å². The molecular weight excluding hydrogens is 451 g/mol. The van der Waals surface area contributed by atoms with Gasteiger partial charge in [-0.3, -0.25) is 14.6 Å². The molecule has 3 rings (SSSR count). The molecule has 2 heterocycles. The van der Waals surface area contributed by atoms with E-state index in [1.807, 2.05) is 17.9 Å². The summed E-state index contributed by atoms with van der Waals surface area (Å²) in [7, 11) is 1.83. The number of benzene rings is 1. The van der Waals surface area contributed by atoms with Crippen LogP contribution in [0.1, 0.15) is 24.5 Å². The van der Waals surface area contributed by atoms with Crippen LogP contribution < -0.4 is 10.6 Å². The molecule has 1 aromatic heterocycles. The van der Waals surface area contributed by atoms with Crippen molar-refractivity contribution in [2.24, 2.45) is 4.99 Å². The summed E-state index contributed by atoms with van der Waals surface area (Å²) in [6.45, 7) is 8.03. The van der Waals surface area contributed by atoms with Crippen molar-refractivity contribution in [1.82, 2.24) is 25.3 Å². The van der Waals surface area contributed by atoms with Crippen LogP contribution in [0.4, 0.5) is 0 Å². The number of nitrogens with one attached hydrogen (secondary N) is 2. The van der Waals surface area contributed by atoms with Gasteiger partial charge in [0.25, 0.3) is 0 Å². The molecule has 0 aliphatic carbocycles. The number of hydrogen-bond acceptors (Lipinski definition) is 3. The zero-order chi connectivity index (χ0) is 18.4. The Balaban J connectivity index is 0.00000261. The lowest BCUT2D eigenvalue weighted by Crippen LogP contribution is -2.45. The highest BCUT2D eigenvalue weighted by molar-refractivity contribution is 14.0. The van der Waals surface area contributed by atoms with Gasteiger partial charge in [-0.25, -0.2) is 0 Å². The lowest BCUT2D eigenvalue weighted by atomic mass is 10.2. The van der Waals surface area contributed by atoms with Gasteiger partial charge in [-0.1, -0.05) is 30.3 Å². The van der Waals surface area contributed by atoms with Crippen molar-refractivity contribution in [3.8, 4) is 0 Å². The number of rotatable bonds is 6. The molecule has 2 unspecified atom stereocenters. The second-order valence-electron chi connectivity index (χ2n) is 7.12. The minimum atomic E-state index is 0. The normalized spacial score (nSPS) is 20.3. The molecule has 2 atom stereocenters. The quantitative estimate of drug-likeness (QED) is 0.378. The predicted molar refractivity (Wildman–Crippen MR) is 122 cm³/mol. The van der Waals surface area contributed by atoms with Crippen molar-refractivity contribution >= 4 is 29.9 Å². The SMILES string of the molecule is CN=C(NCCn1cc(C)cn1)NC1CC(C)N(Cc2ccccc2)C1.I. The monoisotopic (exact) mass is 482 g/mol. The molecule has 27 heavy (non-hydrogen) atoms. The molecule has 0 radical (unpaired) electrons. The number of aryl methyl sites for hydroxylation is 1. The largest absolute Gasteiger partial charge is 0.355 e. The van der Waals surface area contributed by atoms with E-state index < -0.39 is 0 Å². The van der Waals surface area contributed by atoms with E-state index in [-0.39, 0.29) is 24.0 Å². The first kappa shape index (κ1) is 21.7. The highest BCUT2D eigenvalue weighted by atomic mass is 127. The zero-order valence-electron chi connectivity index (χ0n) is 16.4. The van der Waals surface area contributed by atoms with Crippen LogP contribution in [-0.4, -0.2) is 52.9 Å². The minimum absolute atomic E-state index is 0. The lowest BCUT2D eigenvalue weighted by molar-refractivity contribution is 0.258. The number of halogens is 1. The molecule has 148 valence electrons. The van der Waals surface area contributed by atoms with E-state index in [1.54, 1.807) is 0 Å². The third-order valence-electron chi connectivity index (χ3n) is 4.89. The molecule has 2 aromatic rings. The van der Waals surface area contributed by atoms with E-state index in [9.17, 15) is 0 Å². The molecule has 1 saturated heterocycles. The van der Waals surface area contributed by atoms with Gasteiger partial charge in [0.1, 0.15) is 0 Å². The van der Waals surface area contributed by atoms with Crippen molar-refractivity contribution in [1.29, 1.82) is 0 Å².